The molecule has 0 bridgehead atoms. The summed E-state index contributed by atoms with van der Waals surface area (Å²) in [6.07, 6.45) is 8.21. The molecule has 0 aliphatic rings. The standard InChI is InChI=1S/C13H19NOS/c1-2-3-4-5-10-14-13(15)9-8-12-7-6-11-16-12/h6-9,11H,2-5,10H2,1H3,(H,14,15)/b9-8+. The molecule has 1 rings (SSSR count). The Morgan fingerprint density at radius 2 is 2.31 bits per heavy atom. The van der Waals surface area contributed by atoms with E-state index in [0.717, 1.165) is 17.8 Å². The highest BCUT2D eigenvalue weighted by molar-refractivity contribution is 7.10. The van der Waals surface area contributed by atoms with Crippen molar-refractivity contribution in [2.24, 2.45) is 0 Å². The lowest BCUT2D eigenvalue weighted by Gasteiger charge is -2.00. The van der Waals surface area contributed by atoms with Crippen LogP contribution in [0.2, 0.25) is 0 Å². The van der Waals surface area contributed by atoms with Gasteiger partial charge in [-0.3, -0.25) is 4.79 Å². The van der Waals surface area contributed by atoms with Crippen molar-refractivity contribution in [2.75, 3.05) is 6.54 Å². The topological polar surface area (TPSA) is 29.1 Å². The van der Waals surface area contributed by atoms with Gasteiger partial charge in [-0.1, -0.05) is 32.3 Å². The van der Waals surface area contributed by atoms with Gasteiger partial charge in [-0.15, -0.1) is 11.3 Å². The molecule has 1 N–H and O–H groups in total. The average molecular weight is 237 g/mol. The van der Waals surface area contributed by atoms with E-state index in [1.807, 2.05) is 23.6 Å². The van der Waals surface area contributed by atoms with Crippen molar-refractivity contribution < 1.29 is 4.79 Å². The molecule has 0 spiro atoms. The van der Waals surface area contributed by atoms with E-state index in [1.54, 1.807) is 17.4 Å². The van der Waals surface area contributed by atoms with E-state index in [0.29, 0.717) is 0 Å². The zero-order valence-electron chi connectivity index (χ0n) is 9.74. The Balaban J connectivity index is 2.11. The van der Waals surface area contributed by atoms with Crippen LogP contribution in [-0.4, -0.2) is 12.5 Å². The second kappa shape index (κ2) is 8.11. The molecule has 0 aliphatic heterocycles. The fourth-order valence-corrected chi connectivity index (χ4v) is 1.98. The van der Waals surface area contributed by atoms with Gasteiger partial charge in [0.05, 0.1) is 0 Å². The van der Waals surface area contributed by atoms with E-state index in [9.17, 15) is 4.79 Å². The van der Waals surface area contributed by atoms with Gasteiger partial charge in [0.15, 0.2) is 0 Å². The lowest BCUT2D eigenvalue weighted by atomic mass is 10.2. The third kappa shape index (κ3) is 5.71. The van der Waals surface area contributed by atoms with Crippen molar-refractivity contribution in [1.29, 1.82) is 0 Å². The van der Waals surface area contributed by atoms with E-state index in [-0.39, 0.29) is 5.91 Å². The van der Waals surface area contributed by atoms with Gasteiger partial charge in [0.25, 0.3) is 0 Å². The number of unbranched alkanes of at least 4 members (excludes halogenated alkanes) is 3. The molecule has 0 unspecified atom stereocenters. The number of carbonyl (C=O) groups is 1. The van der Waals surface area contributed by atoms with Crippen molar-refractivity contribution in [3.8, 4) is 0 Å². The summed E-state index contributed by atoms with van der Waals surface area (Å²) >= 11 is 1.63. The molecule has 0 atom stereocenters. The molecule has 0 aliphatic carbocycles. The molecular weight excluding hydrogens is 218 g/mol. The molecule has 1 heterocycles. The van der Waals surface area contributed by atoms with Crippen LogP contribution in [0.25, 0.3) is 6.08 Å². The minimum Gasteiger partial charge on any atom is -0.353 e. The summed E-state index contributed by atoms with van der Waals surface area (Å²) in [7, 11) is 0. The first-order chi connectivity index (χ1) is 7.83. The van der Waals surface area contributed by atoms with E-state index in [1.165, 1.54) is 19.3 Å². The van der Waals surface area contributed by atoms with Gasteiger partial charge < -0.3 is 5.32 Å². The fraction of sp³-hybridized carbons (Fsp3) is 0.462. The van der Waals surface area contributed by atoms with E-state index < -0.39 is 0 Å². The van der Waals surface area contributed by atoms with Crippen molar-refractivity contribution in [2.45, 2.75) is 32.6 Å². The summed E-state index contributed by atoms with van der Waals surface area (Å²) in [5, 5.41) is 4.89. The maximum Gasteiger partial charge on any atom is 0.244 e. The zero-order valence-corrected chi connectivity index (χ0v) is 10.6. The van der Waals surface area contributed by atoms with Crippen molar-refractivity contribution >= 4 is 23.3 Å². The van der Waals surface area contributed by atoms with Crippen molar-refractivity contribution in [1.82, 2.24) is 5.32 Å². The predicted molar refractivity (Wildman–Crippen MR) is 70.5 cm³/mol. The fourth-order valence-electron chi connectivity index (χ4n) is 1.37. The molecule has 1 aromatic heterocycles. The Kier molecular flexibility index (Phi) is 6.58. The number of rotatable bonds is 7. The number of carbonyl (C=O) groups excluding carboxylic acids is 1. The lowest BCUT2D eigenvalue weighted by Crippen LogP contribution is -2.21. The molecule has 0 aromatic carbocycles. The first-order valence-electron chi connectivity index (χ1n) is 5.82. The van der Waals surface area contributed by atoms with Crippen LogP contribution in [0.15, 0.2) is 23.6 Å². The third-order valence-corrected chi connectivity index (χ3v) is 3.11. The summed E-state index contributed by atoms with van der Waals surface area (Å²) < 4.78 is 0. The number of hydrogen-bond donors (Lipinski definition) is 1. The van der Waals surface area contributed by atoms with Gasteiger partial charge in [-0.2, -0.15) is 0 Å². The number of hydrogen-bond acceptors (Lipinski definition) is 2. The van der Waals surface area contributed by atoms with Crippen LogP contribution in [0.1, 0.15) is 37.5 Å². The average Bonchev–Trinajstić information content (AvgIpc) is 2.79. The van der Waals surface area contributed by atoms with Crippen LogP contribution in [0.5, 0.6) is 0 Å². The Morgan fingerprint density at radius 1 is 1.44 bits per heavy atom. The molecule has 0 fully saturated rings. The summed E-state index contributed by atoms with van der Waals surface area (Å²) in [4.78, 5) is 12.5. The highest BCUT2D eigenvalue weighted by atomic mass is 32.1. The Morgan fingerprint density at radius 3 is 3.00 bits per heavy atom. The monoisotopic (exact) mass is 237 g/mol. The summed E-state index contributed by atoms with van der Waals surface area (Å²) in [5.74, 6) is 0.00454. The van der Waals surface area contributed by atoms with Crippen LogP contribution in [0.4, 0.5) is 0 Å². The molecule has 0 saturated carbocycles. The molecule has 1 amide bonds. The quantitative estimate of drug-likeness (QED) is 0.571. The van der Waals surface area contributed by atoms with Gasteiger partial charge in [0.1, 0.15) is 0 Å². The van der Waals surface area contributed by atoms with E-state index >= 15 is 0 Å². The maximum atomic E-state index is 11.4. The smallest absolute Gasteiger partial charge is 0.244 e. The molecule has 0 radical (unpaired) electrons. The summed E-state index contributed by atoms with van der Waals surface area (Å²) in [5.41, 5.74) is 0. The normalized spacial score (nSPS) is 10.8. The van der Waals surface area contributed by atoms with E-state index in [2.05, 4.69) is 12.2 Å². The second-order valence-electron chi connectivity index (χ2n) is 3.70. The van der Waals surface area contributed by atoms with Crippen LogP contribution in [0, 0.1) is 0 Å². The minimum atomic E-state index is 0.00454. The molecule has 16 heavy (non-hydrogen) atoms. The van der Waals surface area contributed by atoms with Crippen LogP contribution >= 0.6 is 11.3 Å². The van der Waals surface area contributed by atoms with Gasteiger partial charge in [0, 0.05) is 17.5 Å². The molecule has 88 valence electrons. The van der Waals surface area contributed by atoms with Crippen molar-refractivity contribution in [3.05, 3.63) is 28.5 Å². The first kappa shape index (κ1) is 13.0. The Bertz CT molecular complexity index is 317. The minimum absolute atomic E-state index is 0.00454. The molecular formula is C13H19NOS. The van der Waals surface area contributed by atoms with Gasteiger partial charge in [-0.05, 0) is 23.9 Å². The molecule has 3 heteroatoms. The number of amides is 1. The van der Waals surface area contributed by atoms with Crippen molar-refractivity contribution in [3.63, 3.8) is 0 Å². The molecule has 2 nitrogen and oxygen atoms in total. The highest BCUT2D eigenvalue weighted by Crippen LogP contribution is 2.09. The van der Waals surface area contributed by atoms with Crippen LogP contribution < -0.4 is 5.32 Å². The lowest BCUT2D eigenvalue weighted by molar-refractivity contribution is -0.116. The number of thiophene rings is 1. The third-order valence-electron chi connectivity index (χ3n) is 2.27. The maximum absolute atomic E-state index is 11.4. The predicted octanol–water partition coefficient (Wildman–Crippen LogP) is 3.46. The van der Waals surface area contributed by atoms with Gasteiger partial charge >= 0.3 is 0 Å². The summed E-state index contributed by atoms with van der Waals surface area (Å²) in [6.45, 7) is 2.97. The van der Waals surface area contributed by atoms with Crippen LogP contribution in [-0.2, 0) is 4.79 Å². The Hall–Kier alpha value is -1.09. The highest BCUT2D eigenvalue weighted by Gasteiger charge is 1.94. The molecule has 0 saturated heterocycles. The molecule has 1 aromatic rings. The summed E-state index contributed by atoms with van der Waals surface area (Å²) in [6, 6.07) is 3.97. The first-order valence-corrected chi connectivity index (χ1v) is 6.70. The van der Waals surface area contributed by atoms with Crippen LogP contribution in [0.3, 0.4) is 0 Å². The van der Waals surface area contributed by atoms with Gasteiger partial charge in [0.2, 0.25) is 5.91 Å². The van der Waals surface area contributed by atoms with Gasteiger partial charge in [-0.25, -0.2) is 0 Å². The Labute approximate surface area is 101 Å². The van der Waals surface area contributed by atoms with E-state index in [4.69, 9.17) is 0 Å². The number of nitrogens with one attached hydrogen (secondary N) is 1. The largest absolute Gasteiger partial charge is 0.353 e. The second-order valence-corrected chi connectivity index (χ2v) is 4.68. The zero-order chi connectivity index (χ0) is 11.6. The SMILES string of the molecule is CCCCCCNC(=O)/C=C/c1cccs1.